The molecule has 2 unspecified atom stereocenters. The molecular weight excluding hydrogens is 674 g/mol. The summed E-state index contributed by atoms with van der Waals surface area (Å²) in [6, 6.07) is 9.47. The Bertz CT molecular complexity index is 1520. The summed E-state index contributed by atoms with van der Waals surface area (Å²) in [5, 5.41) is 0. The van der Waals surface area contributed by atoms with Crippen LogP contribution in [0.15, 0.2) is 43.0 Å². The topological polar surface area (TPSA) is 163 Å². The molecule has 52 heavy (non-hydrogen) atoms. The number of ether oxygens (including phenoxy) is 7. The maximum Gasteiger partial charge on any atom is 0.416 e. The third-order valence-electron chi connectivity index (χ3n) is 7.24. The van der Waals surface area contributed by atoms with Crippen molar-refractivity contribution in [2.24, 2.45) is 0 Å². The second-order valence-electron chi connectivity index (χ2n) is 12.4. The molecule has 3 atom stereocenters. The number of methoxy groups -OCH3 is 1. The van der Waals surface area contributed by atoms with Crippen LogP contribution in [0.4, 0.5) is 10.6 Å². The molecule has 0 radical (unpaired) electrons. The van der Waals surface area contributed by atoms with Crippen LogP contribution in [0.3, 0.4) is 0 Å². The molecule has 0 saturated carbocycles. The van der Waals surface area contributed by atoms with Crippen LogP contribution in [0.25, 0.3) is 11.2 Å². The average Bonchev–Trinajstić information content (AvgIpc) is 3.72. The predicted molar refractivity (Wildman–Crippen MR) is 194 cm³/mol. The zero-order valence-electron chi connectivity index (χ0n) is 32.7. The molecule has 1 aliphatic rings. The lowest BCUT2D eigenvalue weighted by molar-refractivity contribution is -0.235. The summed E-state index contributed by atoms with van der Waals surface area (Å²) in [4.78, 5) is 53.5. The highest BCUT2D eigenvalue weighted by atomic mass is 16.7. The van der Waals surface area contributed by atoms with Crippen LogP contribution in [0.5, 0.6) is 0 Å². The Morgan fingerprint density at radius 3 is 2.12 bits per heavy atom. The van der Waals surface area contributed by atoms with E-state index in [9.17, 15) is 14.4 Å². The highest BCUT2D eigenvalue weighted by Gasteiger charge is 2.43. The average molecular weight is 732 g/mol. The summed E-state index contributed by atoms with van der Waals surface area (Å²) in [5.74, 6) is -2.47. The van der Waals surface area contributed by atoms with Crippen LogP contribution < -0.4 is 4.90 Å². The predicted octanol–water partition coefficient (Wildman–Crippen LogP) is 6.39. The normalized spacial score (nSPS) is 17.1. The lowest BCUT2D eigenvalue weighted by atomic mass is 10.1. The number of rotatable bonds is 14. The fourth-order valence-electron chi connectivity index (χ4n) is 4.97. The van der Waals surface area contributed by atoms with Gasteiger partial charge in [-0.1, -0.05) is 58.0 Å². The number of aromatic nitrogens is 4. The number of fused-ring (bicyclic) bond motifs is 1. The molecule has 0 N–H and O–H groups in total. The number of hydrogen-bond donors (Lipinski definition) is 0. The van der Waals surface area contributed by atoms with Gasteiger partial charge in [0.05, 0.1) is 38.8 Å². The van der Waals surface area contributed by atoms with Crippen molar-refractivity contribution in [2.45, 2.75) is 125 Å². The van der Waals surface area contributed by atoms with Crippen molar-refractivity contribution in [3.05, 3.63) is 48.5 Å². The van der Waals surface area contributed by atoms with E-state index in [0.29, 0.717) is 17.6 Å². The summed E-state index contributed by atoms with van der Waals surface area (Å²) in [5.41, 5.74) is 0.855. The molecule has 1 aromatic carbocycles. The summed E-state index contributed by atoms with van der Waals surface area (Å²) < 4.78 is 41.4. The Morgan fingerprint density at radius 2 is 1.56 bits per heavy atom. The lowest BCUT2D eigenvalue weighted by Gasteiger charge is -2.29. The Kier molecular flexibility index (Phi) is 17.6. The van der Waals surface area contributed by atoms with Gasteiger partial charge in [0.1, 0.15) is 24.3 Å². The van der Waals surface area contributed by atoms with Crippen LogP contribution >= 0.6 is 0 Å². The van der Waals surface area contributed by atoms with Crippen LogP contribution in [-0.4, -0.2) is 94.2 Å². The first kappa shape index (κ1) is 44.0. The first-order chi connectivity index (χ1) is 24.8. The molecule has 0 spiro atoms. The van der Waals surface area contributed by atoms with Crippen molar-refractivity contribution in [1.29, 1.82) is 0 Å². The number of carbonyl (C=O) groups excluding carboxylic acids is 3. The van der Waals surface area contributed by atoms with Gasteiger partial charge < -0.3 is 33.2 Å². The van der Waals surface area contributed by atoms with Gasteiger partial charge in [-0.05, 0) is 54.0 Å². The number of nitrogens with zero attached hydrogens (tertiary/aromatic N) is 5. The maximum atomic E-state index is 13.5. The van der Waals surface area contributed by atoms with Gasteiger partial charge in [0.15, 0.2) is 22.8 Å². The second-order valence-corrected chi connectivity index (χ2v) is 12.4. The minimum Gasteiger partial charge on any atom is -0.464 e. The molecule has 15 nitrogen and oxygen atoms in total. The smallest absolute Gasteiger partial charge is 0.416 e. The van der Waals surface area contributed by atoms with E-state index in [2.05, 4.69) is 15.0 Å². The molecule has 0 bridgehead atoms. The van der Waals surface area contributed by atoms with Crippen molar-refractivity contribution in [3.63, 3.8) is 0 Å². The maximum absolute atomic E-state index is 13.5. The number of carbonyl (C=O) groups is 3. The largest absolute Gasteiger partial charge is 0.464 e. The van der Waals surface area contributed by atoms with E-state index < -0.39 is 54.0 Å². The third kappa shape index (κ3) is 12.2. The Balaban J connectivity index is 0.00000226. The van der Waals surface area contributed by atoms with E-state index in [1.54, 1.807) is 59.4 Å². The summed E-state index contributed by atoms with van der Waals surface area (Å²) in [7, 11) is 1.52. The highest BCUT2D eigenvalue weighted by molar-refractivity contribution is 5.98. The fourth-order valence-corrected chi connectivity index (χ4v) is 4.97. The Morgan fingerprint density at radius 1 is 0.942 bits per heavy atom. The summed E-state index contributed by atoms with van der Waals surface area (Å²) >= 11 is 0. The second kappa shape index (κ2) is 20.8. The van der Waals surface area contributed by atoms with Gasteiger partial charge in [-0.3, -0.25) is 9.47 Å². The van der Waals surface area contributed by atoms with E-state index in [1.807, 2.05) is 58.0 Å². The fraction of sp³-hybridized carbons (Fsp3) is 0.622. The van der Waals surface area contributed by atoms with Crippen LogP contribution in [0.2, 0.25) is 0 Å². The van der Waals surface area contributed by atoms with E-state index >= 15 is 0 Å². The molecule has 1 fully saturated rings. The van der Waals surface area contributed by atoms with E-state index in [4.69, 9.17) is 33.2 Å². The number of benzene rings is 1. The zero-order chi connectivity index (χ0) is 39.1. The first-order valence-electron chi connectivity index (χ1n) is 17.8. The van der Waals surface area contributed by atoms with Gasteiger partial charge in [0.25, 0.3) is 6.10 Å². The molecule has 4 rings (SSSR count). The number of esters is 2. The molecule has 3 heterocycles. The molecule has 0 aliphatic carbocycles. The van der Waals surface area contributed by atoms with Gasteiger partial charge >= 0.3 is 18.0 Å². The van der Waals surface area contributed by atoms with Crippen LogP contribution in [-0.2, 0) is 49.3 Å². The Hall–Kier alpha value is -4.18. The van der Waals surface area contributed by atoms with E-state index in [-0.39, 0.29) is 32.2 Å². The molecule has 1 amide bonds. The first-order valence-corrected chi connectivity index (χ1v) is 17.8. The summed E-state index contributed by atoms with van der Waals surface area (Å²) in [6.45, 7) is 20.2. The number of imidazole rings is 1. The van der Waals surface area contributed by atoms with Gasteiger partial charge in [-0.25, -0.2) is 29.3 Å². The molecule has 1 saturated heterocycles. The lowest BCUT2D eigenvalue weighted by Crippen LogP contribution is -2.42. The van der Waals surface area contributed by atoms with Crippen molar-refractivity contribution in [1.82, 2.24) is 19.5 Å². The van der Waals surface area contributed by atoms with Gasteiger partial charge in [0.2, 0.25) is 0 Å². The number of anilines is 1. The zero-order valence-corrected chi connectivity index (χ0v) is 32.7. The molecule has 290 valence electrons. The standard InChI is InChI=1S/C33H45N5O10.2C2H6/c1-9-43-29(39)26(30(40)44-10-2)45-18-23-22(47-33(6,7)42-8)16-24(46-23)38-20-36-25-27(34-19-35-28(25)38)37(31(41)48-32(3,4)5)17-21-14-12-11-13-15-21;2*1-2/h11-15,19-20,22-24,26H,9-10,16-18H2,1-8H3;2*1-2H3/t22-,23?,24?;;/m0../s1. The van der Waals surface area contributed by atoms with E-state index in [0.717, 1.165) is 5.56 Å². The van der Waals surface area contributed by atoms with Crippen molar-refractivity contribution < 1.29 is 47.5 Å². The van der Waals surface area contributed by atoms with Crippen molar-refractivity contribution in [2.75, 3.05) is 31.8 Å². The van der Waals surface area contributed by atoms with Crippen molar-refractivity contribution >= 4 is 35.0 Å². The minimum atomic E-state index is -1.60. The number of hydrogen-bond acceptors (Lipinski definition) is 13. The Labute approximate surface area is 307 Å². The molecular formula is C37H57N5O10. The molecule has 1 aliphatic heterocycles. The van der Waals surface area contributed by atoms with Gasteiger partial charge in [-0.15, -0.1) is 0 Å². The summed E-state index contributed by atoms with van der Waals surface area (Å²) in [6.07, 6.45) is -1.04. The monoisotopic (exact) mass is 731 g/mol. The molecule has 15 heteroatoms. The van der Waals surface area contributed by atoms with Gasteiger partial charge in [0, 0.05) is 13.5 Å². The van der Waals surface area contributed by atoms with Crippen LogP contribution in [0, 0.1) is 0 Å². The number of amides is 1. The minimum absolute atomic E-state index is 0.0577. The van der Waals surface area contributed by atoms with Gasteiger partial charge in [-0.2, -0.15) is 0 Å². The van der Waals surface area contributed by atoms with Crippen LogP contribution in [0.1, 0.15) is 94.4 Å². The SMILES string of the molecule is CC.CC.CCOC(=O)C(OCC1OC(n2cnc3c(N(Cc4ccccc4)C(=O)OC(C)(C)C)ncnc32)C[C@@H]1OC(C)(C)OC)C(=O)OCC. The molecule has 3 aromatic rings. The highest BCUT2D eigenvalue weighted by Crippen LogP contribution is 2.36. The third-order valence-corrected chi connectivity index (χ3v) is 7.24. The quantitative estimate of drug-likeness (QED) is 0.0777. The molecule has 2 aromatic heterocycles. The van der Waals surface area contributed by atoms with Crippen molar-refractivity contribution in [3.8, 4) is 0 Å². The van der Waals surface area contributed by atoms with E-state index in [1.165, 1.54) is 18.3 Å².